The lowest BCUT2D eigenvalue weighted by atomic mass is 10.00. The summed E-state index contributed by atoms with van der Waals surface area (Å²) >= 11 is 6.24. The maximum absolute atomic E-state index is 10.4. The van der Waals surface area contributed by atoms with Crippen LogP contribution in [0.1, 0.15) is 29.5 Å². The maximum atomic E-state index is 10.4. The van der Waals surface area contributed by atoms with Crippen molar-refractivity contribution < 1.29 is 4.79 Å². The Morgan fingerprint density at radius 2 is 2.07 bits per heavy atom. The van der Waals surface area contributed by atoms with Gasteiger partial charge in [0.15, 0.2) is 0 Å². The van der Waals surface area contributed by atoms with Crippen LogP contribution in [0.2, 0.25) is 5.02 Å². The Kier molecular flexibility index (Phi) is 2.41. The molecule has 1 saturated carbocycles. The Labute approximate surface area is 94.0 Å². The minimum Gasteiger partial charge on any atom is -0.211 e. The largest absolute Gasteiger partial charge is 0.235 e. The molecule has 1 aromatic rings. The van der Waals surface area contributed by atoms with Gasteiger partial charge in [-0.1, -0.05) is 29.3 Å². The van der Waals surface area contributed by atoms with Crippen molar-refractivity contribution in [2.45, 2.75) is 32.2 Å². The van der Waals surface area contributed by atoms with Crippen LogP contribution in [0.5, 0.6) is 0 Å². The van der Waals surface area contributed by atoms with E-state index >= 15 is 0 Å². The van der Waals surface area contributed by atoms with Crippen molar-refractivity contribution >= 4 is 17.7 Å². The minimum absolute atomic E-state index is 0.365. The summed E-state index contributed by atoms with van der Waals surface area (Å²) in [6.45, 7) is 3.99. The number of hydrogen-bond acceptors (Lipinski definition) is 2. The van der Waals surface area contributed by atoms with Gasteiger partial charge in [-0.05, 0) is 37.8 Å². The van der Waals surface area contributed by atoms with Gasteiger partial charge in [0.05, 0.1) is 5.54 Å². The van der Waals surface area contributed by atoms with Crippen LogP contribution in [0, 0.1) is 13.8 Å². The second kappa shape index (κ2) is 3.48. The average molecular weight is 222 g/mol. The Hall–Kier alpha value is -1.11. The van der Waals surface area contributed by atoms with Crippen molar-refractivity contribution in [3.63, 3.8) is 0 Å². The third-order valence-corrected chi connectivity index (χ3v) is 3.39. The molecule has 0 radical (unpaired) electrons. The molecule has 0 aromatic heterocycles. The van der Waals surface area contributed by atoms with Gasteiger partial charge in [-0.3, -0.25) is 0 Å². The van der Waals surface area contributed by atoms with E-state index in [-0.39, 0.29) is 5.54 Å². The number of hydrogen-bond donors (Lipinski definition) is 0. The van der Waals surface area contributed by atoms with E-state index in [9.17, 15) is 4.79 Å². The van der Waals surface area contributed by atoms with E-state index in [0.29, 0.717) is 0 Å². The van der Waals surface area contributed by atoms with Crippen molar-refractivity contribution in [3.05, 3.63) is 33.8 Å². The molecule has 0 amide bonds. The molecule has 0 aliphatic heterocycles. The first kappa shape index (κ1) is 10.4. The van der Waals surface area contributed by atoms with E-state index < -0.39 is 0 Å². The molecule has 0 bridgehead atoms. The highest BCUT2D eigenvalue weighted by Crippen LogP contribution is 2.52. The van der Waals surface area contributed by atoms with E-state index in [1.54, 1.807) is 6.08 Å². The zero-order valence-corrected chi connectivity index (χ0v) is 9.56. The topological polar surface area (TPSA) is 29.4 Å². The Morgan fingerprint density at radius 1 is 1.40 bits per heavy atom. The normalized spacial score (nSPS) is 17.0. The predicted octanol–water partition coefficient (Wildman–Crippen LogP) is 3.28. The van der Waals surface area contributed by atoms with Crippen LogP contribution in [-0.2, 0) is 10.3 Å². The third kappa shape index (κ3) is 1.71. The van der Waals surface area contributed by atoms with Gasteiger partial charge in [0.25, 0.3) is 0 Å². The van der Waals surface area contributed by atoms with Gasteiger partial charge in [0.2, 0.25) is 6.08 Å². The Bertz CT molecular complexity index is 457. The summed E-state index contributed by atoms with van der Waals surface area (Å²) in [5.74, 6) is 0. The number of carbonyl (C=O) groups excluding carboxylic acids is 1. The SMILES string of the molecule is Cc1cc(C)c(Cl)c(C2(N=C=O)CC2)c1. The molecule has 3 heteroatoms. The molecule has 0 spiro atoms. The molecule has 2 nitrogen and oxygen atoms in total. The van der Waals surface area contributed by atoms with Crippen LogP contribution in [0.25, 0.3) is 0 Å². The molecule has 0 atom stereocenters. The van der Waals surface area contributed by atoms with Crippen molar-refractivity contribution in [2.75, 3.05) is 0 Å². The van der Waals surface area contributed by atoms with Gasteiger partial charge in [-0.15, -0.1) is 0 Å². The smallest absolute Gasteiger partial charge is 0.211 e. The molecule has 15 heavy (non-hydrogen) atoms. The molecule has 1 aliphatic rings. The zero-order valence-electron chi connectivity index (χ0n) is 8.80. The summed E-state index contributed by atoms with van der Waals surface area (Å²) in [5.41, 5.74) is 2.80. The van der Waals surface area contributed by atoms with E-state index in [0.717, 1.165) is 34.6 Å². The second-order valence-electron chi connectivity index (χ2n) is 4.18. The summed E-state index contributed by atoms with van der Waals surface area (Å²) in [7, 11) is 0. The van der Waals surface area contributed by atoms with Gasteiger partial charge >= 0.3 is 0 Å². The first-order valence-corrected chi connectivity index (χ1v) is 5.33. The van der Waals surface area contributed by atoms with Crippen molar-refractivity contribution in [1.82, 2.24) is 0 Å². The fourth-order valence-corrected chi connectivity index (χ4v) is 2.22. The van der Waals surface area contributed by atoms with Crippen molar-refractivity contribution in [3.8, 4) is 0 Å². The van der Waals surface area contributed by atoms with Crippen molar-refractivity contribution in [2.24, 2.45) is 4.99 Å². The highest BCUT2D eigenvalue weighted by Gasteiger charge is 2.46. The van der Waals surface area contributed by atoms with Gasteiger partial charge < -0.3 is 0 Å². The van der Waals surface area contributed by atoms with Gasteiger partial charge in [0.1, 0.15) is 0 Å². The number of aliphatic imine (C=N–C) groups is 1. The summed E-state index contributed by atoms with van der Waals surface area (Å²) < 4.78 is 0. The van der Waals surface area contributed by atoms with Crippen molar-refractivity contribution in [1.29, 1.82) is 0 Å². The van der Waals surface area contributed by atoms with Crippen LogP contribution in [0.4, 0.5) is 0 Å². The van der Waals surface area contributed by atoms with Crippen LogP contribution >= 0.6 is 11.6 Å². The summed E-state index contributed by atoms with van der Waals surface area (Å²) in [5, 5.41) is 0.733. The number of isocyanates is 1. The number of nitrogens with zero attached hydrogens (tertiary/aromatic N) is 1. The molecule has 0 N–H and O–H groups in total. The highest BCUT2D eigenvalue weighted by molar-refractivity contribution is 6.32. The second-order valence-corrected chi connectivity index (χ2v) is 4.56. The van der Waals surface area contributed by atoms with E-state index in [1.165, 1.54) is 0 Å². The van der Waals surface area contributed by atoms with E-state index in [4.69, 9.17) is 11.6 Å². The average Bonchev–Trinajstić information content (AvgIpc) is 2.93. The van der Waals surface area contributed by atoms with Crippen LogP contribution < -0.4 is 0 Å². The zero-order chi connectivity index (χ0) is 11.1. The fourth-order valence-electron chi connectivity index (χ4n) is 1.94. The van der Waals surface area contributed by atoms with Crippen LogP contribution in [0.15, 0.2) is 17.1 Å². The summed E-state index contributed by atoms with van der Waals surface area (Å²) in [6, 6.07) is 4.05. The molecule has 0 saturated heterocycles. The molecule has 1 aliphatic carbocycles. The highest BCUT2D eigenvalue weighted by atomic mass is 35.5. The molecule has 1 fully saturated rings. The lowest BCUT2D eigenvalue weighted by molar-refractivity contribution is 0.556. The molecule has 0 unspecified atom stereocenters. The lowest BCUT2D eigenvalue weighted by Crippen LogP contribution is -2.04. The van der Waals surface area contributed by atoms with Gasteiger partial charge in [0, 0.05) is 5.02 Å². The molecular weight excluding hydrogens is 210 g/mol. The van der Waals surface area contributed by atoms with Gasteiger partial charge in [-0.2, -0.15) is 4.99 Å². The van der Waals surface area contributed by atoms with E-state index in [2.05, 4.69) is 4.99 Å². The predicted molar refractivity (Wildman–Crippen MR) is 60.0 cm³/mol. The third-order valence-electron chi connectivity index (χ3n) is 2.88. The molecule has 78 valence electrons. The van der Waals surface area contributed by atoms with E-state index in [1.807, 2.05) is 26.0 Å². The van der Waals surface area contributed by atoms with Crippen LogP contribution in [0.3, 0.4) is 0 Å². The van der Waals surface area contributed by atoms with Gasteiger partial charge in [-0.25, -0.2) is 4.79 Å². The standard InChI is InChI=1S/C12H12ClNO/c1-8-5-9(2)11(13)10(6-8)12(3-4-12)14-7-15/h5-6H,3-4H2,1-2H3. The number of aryl methyl sites for hydroxylation is 2. The monoisotopic (exact) mass is 221 g/mol. The summed E-state index contributed by atoms with van der Waals surface area (Å²) in [6.07, 6.45) is 3.44. The fraction of sp³-hybridized carbons (Fsp3) is 0.417. The number of halogens is 1. The molecule has 1 aromatic carbocycles. The Morgan fingerprint density at radius 3 is 2.60 bits per heavy atom. The minimum atomic E-state index is -0.365. The molecule has 0 heterocycles. The molecular formula is C12H12ClNO. The van der Waals surface area contributed by atoms with Crippen LogP contribution in [-0.4, -0.2) is 6.08 Å². The molecule has 2 rings (SSSR count). The Balaban J connectivity index is 2.57. The quantitative estimate of drug-likeness (QED) is 0.557. The first-order chi connectivity index (χ1) is 7.09. The number of rotatable bonds is 2. The number of benzene rings is 1. The first-order valence-electron chi connectivity index (χ1n) is 4.95. The maximum Gasteiger partial charge on any atom is 0.235 e. The summed E-state index contributed by atoms with van der Waals surface area (Å²) in [4.78, 5) is 14.3. The lowest BCUT2D eigenvalue weighted by Gasteiger charge is -2.13.